The maximum absolute atomic E-state index is 12.1. The minimum atomic E-state index is -3.76. The van der Waals surface area contributed by atoms with Crippen LogP contribution in [0.1, 0.15) is 6.92 Å². The molecule has 0 saturated heterocycles. The lowest BCUT2D eigenvalue weighted by molar-refractivity contribution is -0.140. The van der Waals surface area contributed by atoms with Crippen LogP contribution in [0, 0.1) is 3.57 Å². The van der Waals surface area contributed by atoms with Gasteiger partial charge in [0, 0.05) is 10.6 Å². The number of hydrogen-bond donors (Lipinski definition) is 1. The first kappa shape index (κ1) is 14.4. The Morgan fingerprint density at radius 3 is 2.53 bits per heavy atom. The van der Waals surface area contributed by atoms with E-state index in [1.54, 1.807) is 12.1 Å². The summed E-state index contributed by atoms with van der Waals surface area (Å²) < 4.78 is 25.8. The smallest absolute Gasteiger partial charge is 0.321 e. The van der Waals surface area contributed by atoms with Gasteiger partial charge in [0.15, 0.2) is 0 Å². The number of nitrogens with zero attached hydrogens (tertiary/aromatic N) is 1. The monoisotopic (exact) mass is 369 g/mol. The van der Waals surface area contributed by atoms with Gasteiger partial charge in [0.1, 0.15) is 6.04 Å². The predicted octanol–water partition coefficient (Wildman–Crippen LogP) is 1.38. The van der Waals surface area contributed by atoms with Crippen molar-refractivity contribution in [2.45, 2.75) is 17.9 Å². The van der Waals surface area contributed by atoms with E-state index in [9.17, 15) is 13.2 Å². The molecule has 0 bridgehead atoms. The largest absolute Gasteiger partial charge is 0.480 e. The molecule has 17 heavy (non-hydrogen) atoms. The van der Waals surface area contributed by atoms with Gasteiger partial charge in [0.2, 0.25) is 10.0 Å². The van der Waals surface area contributed by atoms with Gasteiger partial charge in [-0.05, 0) is 47.7 Å². The summed E-state index contributed by atoms with van der Waals surface area (Å²) in [5.41, 5.74) is 0. The van der Waals surface area contributed by atoms with Gasteiger partial charge in [-0.1, -0.05) is 6.07 Å². The van der Waals surface area contributed by atoms with Crippen LogP contribution in [0.15, 0.2) is 29.2 Å². The maximum Gasteiger partial charge on any atom is 0.321 e. The van der Waals surface area contributed by atoms with E-state index in [0.717, 1.165) is 7.88 Å². The van der Waals surface area contributed by atoms with Crippen LogP contribution in [0.3, 0.4) is 0 Å². The molecule has 1 aromatic rings. The van der Waals surface area contributed by atoms with E-state index < -0.39 is 22.0 Å². The van der Waals surface area contributed by atoms with Crippen LogP contribution in [0.2, 0.25) is 0 Å². The first-order valence-corrected chi connectivity index (χ1v) is 7.25. The molecule has 0 saturated carbocycles. The number of carboxylic acid groups (broad SMARTS) is 1. The average Bonchev–Trinajstić information content (AvgIpc) is 2.26. The van der Waals surface area contributed by atoms with E-state index in [4.69, 9.17) is 5.11 Å². The zero-order valence-corrected chi connectivity index (χ0v) is 12.3. The number of benzene rings is 1. The molecule has 1 atom stereocenters. The third-order valence-electron chi connectivity index (χ3n) is 2.38. The molecular formula is C10H12INO4S. The van der Waals surface area contributed by atoms with Crippen molar-refractivity contribution in [1.82, 2.24) is 4.31 Å². The minimum Gasteiger partial charge on any atom is -0.480 e. The Bertz CT molecular complexity index is 529. The molecule has 7 heteroatoms. The summed E-state index contributed by atoms with van der Waals surface area (Å²) >= 11 is 2.00. The number of sulfonamides is 1. The molecule has 0 aliphatic carbocycles. The Labute approximate surface area is 114 Å². The second-order valence-corrected chi connectivity index (χ2v) is 6.74. The zero-order chi connectivity index (χ0) is 13.2. The fraction of sp³-hybridized carbons (Fsp3) is 0.300. The second-order valence-electron chi connectivity index (χ2n) is 3.49. The minimum absolute atomic E-state index is 0.0972. The van der Waals surface area contributed by atoms with E-state index in [2.05, 4.69) is 0 Å². The molecule has 0 aliphatic rings. The predicted molar refractivity (Wildman–Crippen MR) is 71.2 cm³/mol. The Balaban J connectivity index is 3.16. The molecule has 0 aliphatic heterocycles. The molecule has 0 radical (unpaired) electrons. The SMILES string of the molecule is CC(C(=O)O)N(C)S(=O)(=O)c1cccc(I)c1. The fourth-order valence-electron chi connectivity index (χ4n) is 1.16. The molecule has 1 rings (SSSR count). The van der Waals surface area contributed by atoms with Crippen LogP contribution < -0.4 is 0 Å². The van der Waals surface area contributed by atoms with E-state index in [0.29, 0.717) is 0 Å². The van der Waals surface area contributed by atoms with E-state index in [1.165, 1.54) is 26.1 Å². The summed E-state index contributed by atoms with van der Waals surface area (Å²) in [5.74, 6) is -1.18. The highest BCUT2D eigenvalue weighted by Gasteiger charge is 2.29. The zero-order valence-electron chi connectivity index (χ0n) is 9.29. The van der Waals surface area contributed by atoms with Crippen molar-refractivity contribution in [1.29, 1.82) is 0 Å². The number of carboxylic acids is 1. The third-order valence-corrected chi connectivity index (χ3v) is 4.97. The topological polar surface area (TPSA) is 74.7 Å². The van der Waals surface area contributed by atoms with Crippen LogP contribution in [0.4, 0.5) is 0 Å². The lowest BCUT2D eigenvalue weighted by Crippen LogP contribution is -2.40. The number of carbonyl (C=O) groups is 1. The van der Waals surface area contributed by atoms with Gasteiger partial charge in [-0.2, -0.15) is 4.31 Å². The van der Waals surface area contributed by atoms with E-state index in [-0.39, 0.29) is 4.90 Å². The molecule has 0 fully saturated rings. The van der Waals surface area contributed by atoms with Crippen LogP contribution in [0.5, 0.6) is 0 Å². The van der Waals surface area contributed by atoms with Crippen molar-refractivity contribution in [3.05, 3.63) is 27.8 Å². The second kappa shape index (κ2) is 5.32. The van der Waals surface area contributed by atoms with Gasteiger partial charge in [-0.25, -0.2) is 8.42 Å². The summed E-state index contributed by atoms with van der Waals surface area (Å²) in [6, 6.07) is 5.23. The Morgan fingerprint density at radius 1 is 1.47 bits per heavy atom. The van der Waals surface area contributed by atoms with Crippen molar-refractivity contribution >= 4 is 38.6 Å². The van der Waals surface area contributed by atoms with Gasteiger partial charge >= 0.3 is 5.97 Å². The first-order valence-electron chi connectivity index (χ1n) is 4.73. The van der Waals surface area contributed by atoms with Crippen LogP contribution in [-0.4, -0.2) is 36.9 Å². The van der Waals surface area contributed by atoms with Gasteiger partial charge in [-0.15, -0.1) is 0 Å². The fourth-order valence-corrected chi connectivity index (χ4v) is 3.28. The number of rotatable bonds is 4. The summed E-state index contributed by atoms with van der Waals surface area (Å²) in [6.07, 6.45) is 0. The molecule has 1 aromatic carbocycles. The van der Waals surface area contributed by atoms with E-state index >= 15 is 0 Å². The lowest BCUT2D eigenvalue weighted by atomic mass is 10.4. The molecule has 0 aromatic heterocycles. The van der Waals surface area contributed by atoms with Crippen molar-refractivity contribution < 1.29 is 18.3 Å². The number of halogens is 1. The first-order chi connectivity index (χ1) is 7.76. The van der Waals surface area contributed by atoms with Gasteiger partial charge in [-0.3, -0.25) is 4.79 Å². The summed E-state index contributed by atoms with van der Waals surface area (Å²) in [7, 11) is -2.50. The lowest BCUT2D eigenvalue weighted by Gasteiger charge is -2.21. The van der Waals surface area contributed by atoms with E-state index in [1.807, 2.05) is 22.6 Å². The number of likely N-dealkylation sites (N-methyl/N-ethyl adjacent to an activating group) is 1. The quantitative estimate of drug-likeness (QED) is 0.814. The van der Waals surface area contributed by atoms with Gasteiger partial charge < -0.3 is 5.11 Å². The molecule has 0 amide bonds. The Hall–Kier alpha value is -0.670. The van der Waals surface area contributed by atoms with Gasteiger partial charge in [0.05, 0.1) is 4.90 Å². The maximum atomic E-state index is 12.1. The highest BCUT2D eigenvalue weighted by molar-refractivity contribution is 14.1. The summed E-state index contributed by atoms with van der Waals surface area (Å²) in [6.45, 7) is 1.33. The van der Waals surface area contributed by atoms with Crippen molar-refractivity contribution in [2.75, 3.05) is 7.05 Å². The number of hydrogen-bond acceptors (Lipinski definition) is 3. The molecule has 94 valence electrons. The highest BCUT2D eigenvalue weighted by Crippen LogP contribution is 2.18. The van der Waals surface area contributed by atoms with Crippen molar-refractivity contribution in [2.24, 2.45) is 0 Å². The van der Waals surface area contributed by atoms with Crippen molar-refractivity contribution in [3.63, 3.8) is 0 Å². The molecule has 1 N–H and O–H groups in total. The Morgan fingerprint density at radius 2 is 2.06 bits per heavy atom. The van der Waals surface area contributed by atoms with Crippen LogP contribution >= 0.6 is 22.6 Å². The summed E-state index contributed by atoms with van der Waals surface area (Å²) in [5, 5.41) is 8.81. The Kier molecular flexibility index (Phi) is 4.50. The van der Waals surface area contributed by atoms with Crippen LogP contribution in [0.25, 0.3) is 0 Å². The van der Waals surface area contributed by atoms with Crippen LogP contribution in [-0.2, 0) is 14.8 Å². The molecule has 5 nitrogen and oxygen atoms in total. The molecule has 1 unspecified atom stereocenters. The number of aliphatic carboxylic acids is 1. The van der Waals surface area contributed by atoms with Gasteiger partial charge in [0.25, 0.3) is 0 Å². The molecule has 0 spiro atoms. The standard InChI is InChI=1S/C10H12INO4S/c1-7(10(13)14)12(2)17(15,16)9-5-3-4-8(11)6-9/h3-7H,1-2H3,(H,13,14). The third kappa shape index (κ3) is 3.17. The summed E-state index contributed by atoms with van der Waals surface area (Å²) in [4.78, 5) is 10.9. The normalized spacial score (nSPS) is 13.6. The molecule has 0 heterocycles. The van der Waals surface area contributed by atoms with Crippen molar-refractivity contribution in [3.8, 4) is 0 Å². The molecular weight excluding hydrogens is 357 g/mol. The highest BCUT2D eigenvalue weighted by atomic mass is 127. The average molecular weight is 369 g/mol.